The molecule has 0 radical (unpaired) electrons. The van der Waals surface area contributed by atoms with E-state index in [0.29, 0.717) is 0 Å². The Morgan fingerprint density at radius 1 is 1.00 bits per heavy atom. The van der Waals surface area contributed by atoms with Gasteiger partial charge < -0.3 is 0 Å². The molecule has 1 aliphatic rings. The summed E-state index contributed by atoms with van der Waals surface area (Å²) >= 11 is 0. The topological polar surface area (TPSA) is 56.5 Å². The summed E-state index contributed by atoms with van der Waals surface area (Å²) in [5, 5.41) is 0. The first-order valence-electron chi connectivity index (χ1n) is 8.67. The van der Waals surface area contributed by atoms with Crippen molar-refractivity contribution in [2.75, 3.05) is 0 Å². The lowest BCUT2D eigenvalue weighted by atomic mass is 10.2. The van der Waals surface area contributed by atoms with Crippen molar-refractivity contribution in [3.8, 4) is 17.1 Å². The minimum absolute atomic E-state index is 0.273. The summed E-state index contributed by atoms with van der Waals surface area (Å²) in [5.41, 5.74) is 3.32. The summed E-state index contributed by atoms with van der Waals surface area (Å²) in [6.07, 6.45) is 10.6. The number of imidazole rings is 1. The van der Waals surface area contributed by atoms with Gasteiger partial charge in [-0.1, -0.05) is 0 Å². The van der Waals surface area contributed by atoms with Crippen molar-refractivity contribution in [2.24, 2.45) is 5.92 Å². The summed E-state index contributed by atoms with van der Waals surface area (Å²) in [4.78, 5) is 18.0. The lowest BCUT2D eigenvalue weighted by Crippen LogP contribution is -2.01. The molecular weight excluding hydrogens is 329 g/mol. The molecule has 26 heavy (non-hydrogen) atoms. The van der Waals surface area contributed by atoms with Gasteiger partial charge in [0, 0.05) is 30.7 Å². The monoisotopic (exact) mass is 345 g/mol. The van der Waals surface area contributed by atoms with E-state index in [1.165, 1.54) is 25.0 Å². The molecule has 5 nitrogen and oxygen atoms in total. The highest BCUT2D eigenvalue weighted by Gasteiger charge is 2.23. The molecule has 128 valence electrons. The molecule has 4 aromatic rings. The number of hydrogen-bond acceptors (Lipinski definition) is 4. The second-order valence-electron chi connectivity index (χ2n) is 6.65. The van der Waals surface area contributed by atoms with E-state index < -0.39 is 0 Å². The molecular formula is C20H16FN5. The van der Waals surface area contributed by atoms with Crippen LogP contribution in [0.25, 0.3) is 28.1 Å². The molecule has 0 spiro atoms. The Bertz CT molecular complexity index is 1070. The quantitative estimate of drug-likeness (QED) is 0.562. The molecule has 0 saturated heterocycles. The van der Waals surface area contributed by atoms with Gasteiger partial charge in [0.05, 0.1) is 22.8 Å². The zero-order chi connectivity index (χ0) is 17.5. The molecule has 0 N–H and O–H groups in total. The maximum atomic E-state index is 13.4. The third kappa shape index (κ3) is 2.73. The van der Waals surface area contributed by atoms with Crippen LogP contribution in [-0.4, -0.2) is 24.5 Å². The van der Waals surface area contributed by atoms with Crippen LogP contribution in [0.4, 0.5) is 4.39 Å². The predicted molar refractivity (Wildman–Crippen MR) is 96.3 cm³/mol. The van der Waals surface area contributed by atoms with Crippen molar-refractivity contribution >= 4 is 11.0 Å². The van der Waals surface area contributed by atoms with Crippen LogP contribution in [-0.2, 0) is 6.42 Å². The van der Waals surface area contributed by atoms with Crippen LogP contribution in [0.3, 0.4) is 0 Å². The minimum atomic E-state index is -0.273. The average molecular weight is 345 g/mol. The van der Waals surface area contributed by atoms with E-state index in [2.05, 4.69) is 15.0 Å². The molecule has 5 rings (SSSR count). The van der Waals surface area contributed by atoms with Crippen molar-refractivity contribution in [1.29, 1.82) is 0 Å². The van der Waals surface area contributed by atoms with Crippen molar-refractivity contribution in [3.63, 3.8) is 0 Å². The Labute approximate surface area is 149 Å². The molecule has 1 aliphatic carbocycles. The highest BCUT2D eigenvalue weighted by atomic mass is 19.1. The van der Waals surface area contributed by atoms with Crippen LogP contribution in [0.5, 0.6) is 0 Å². The van der Waals surface area contributed by atoms with Crippen LogP contribution in [0, 0.1) is 11.7 Å². The molecule has 0 atom stereocenters. The Hall–Kier alpha value is -3.15. The molecule has 6 heteroatoms. The number of rotatable bonds is 4. The van der Waals surface area contributed by atoms with Gasteiger partial charge >= 0.3 is 0 Å². The Balaban J connectivity index is 1.64. The highest BCUT2D eigenvalue weighted by Crippen LogP contribution is 2.32. The molecule has 1 aromatic carbocycles. The largest absolute Gasteiger partial charge is 0.291 e. The standard InChI is InChI=1S/C20H16FN5/c21-15-3-5-16(6-4-15)26-18-12-22-8-7-17(18)25-20(26)14-10-23-19(24-11-14)9-13-1-2-13/h3-8,10-13H,1-2,9H2. The van der Waals surface area contributed by atoms with Gasteiger partial charge in [-0.2, -0.15) is 0 Å². The number of pyridine rings is 1. The van der Waals surface area contributed by atoms with Crippen LogP contribution in [0.1, 0.15) is 18.7 Å². The van der Waals surface area contributed by atoms with Crippen LogP contribution in [0.15, 0.2) is 55.1 Å². The Morgan fingerprint density at radius 3 is 2.50 bits per heavy atom. The molecule has 0 amide bonds. The van der Waals surface area contributed by atoms with E-state index in [-0.39, 0.29) is 5.82 Å². The van der Waals surface area contributed by atoms with Crippen molar-refractivity contribution in [1.82, 2.24) is 24.5 Å². The number of aromatic nitrogens is 5. The number of nitrogens with zero attached hydrogens (tertiary/aromatic N) is 5. The van der Waals surface area contributed by atoms with Crippen LogP contribution >= 0.6 is 0 Å². The predicted octanol–water partition coefficient (Wildman–Crippen LogP) is 3.97. The van der Waals surface area contributed by atoms with Gasteiger partial charge in [-0.15, -0.1) is 0 Å². The van der Waals surface area contributed by atoms with Gasteiger partial charge in [0.25, 0.3) is 0 Å². The fourth-order valence-corrected chi connectivity index (χ4v) is 3.12. The fourth-order valence-electron chi connectivity index (χ4n) is 3.12. The maximum Gasteiger partial charge on any atom is 0.148 e. The average Bonchev–Trinajstić information content (AvgIpc) is 3.40. The molecule has 3 aromatic heterocycles. The minimum Gasteiger partial charge on any atom is -0.291 e. The number of benzene rings is 1. The van der Waals surface area contributed by atoms with Gasteiger partial charge in [0.2, 0.25) is 0 Å². The maximum absolute atomic E-state index is 13.4. The van der Waals surface area contributed by atoms with Gasteiger partial charge in [-0.05, 0) is 49.1 Å². The van der Waals surface area contributed by atoms with E-state index in [9.17, 15) is 4.39 Å². The van der Waals surface area contributed by atoms with Crippen LogP contribution < -0.4 is 0 Å². The van der Waals surface area contributed by atoms with E-state index in [1.54, 1.807) is 24.5 Å². The van der Waals surface area contributed by atoms with Crippen molar-refractivity contribution in [2.45, 2.75) is 19.3 Å². The Morgan fingerprint density at radius 2 is 1.77 bits per heavy atom. The molecule has 3 heterocycles. The van der Waals surface area contributed by atoms with Gasteiger partial charge in [-0.3, -0.25) is 9.55 Å². The van der Waals surface area contributed by atoms with Gasteiger partial charge in [0.15, 0.2) is 0 Å². The summed E-state index contributed by atoms with van der Waals surface area (Å²) < 4.78 is 15.3. The zero-order valence-corrected chi connectivity index (χ0v) is 14.0. The molecule has 0 bridgehead atoms. The second-order valence-corrected chi connectivity index (χ2v) is 6.65. The molecule has 1 saturated carbocycles. The number of halogens is 1. The fraction of sp³-hybridized carbons (Fsp3) is 0.200. The van der Waals surface area contributed by atoms with E-state index >= 15 is 0 Å². The lowest BCUT2D eigenvalue weighted by molar-refractivity contribution is 0.627. The first-order chi connectivity index (χ1) is 12.8. The first-order valence-corrected chi connectivity index (χ1v) is 8.67. The summed E-state index contributed by atoms with van der Waals surface area (Å²) in [7, 11) is 0. The zero-order valence-electron chi connectivity index (χ0n) is 14.0. The van der Waals surface area contributed by atoms with Gasteiger partial charge in [0.1, 0.15) is 17.5 Å². The van der Waals surface area contributed by atoms with E-state index in [0.717, 1.165) is 46.3 Å². The van der Waals surface area contributed by atoms with Crippen molar-refractivity contribution < 1.29 is 4.39 Å². The third-order valence-electron chi connectivity index (χ3n) is 4.67. The second kappa shape index (κ2) is 5.98. The van der Waals surface area contributed by atoms with E-state index in [4.69, 9.17) is 4.98 Å². The van der Waals surface area contributed by atoms with E-state index in [1.807, 2.05) is 23.0 Å². The first kappa shape index (κ1) is 15.1. The summed E-state index contributed by atoms with van der Waals surface area (Å²) in [6.45, 7) is 0. The summed E-state index contributed by atoms with van der Waals surface area (Å²) in [6, 6.07) is 8.21. The third-order valence-corrected chi connectivity index (χ3v) is 4.67. The number of fused-ring (bicyclic) bond motifs is 1. The SMILES string of the molecule is Fc1ccc(-n2c(-c3cnc(CC4CC4)nc3)nc3ccncc32)cc1. The Kier molecular flexibility index (Phi) is 3.48. The molecule has 1 fully saturated rings. The normalized spacial score (nSPS) is 14.0. The van der Waals surface area contributed by atoms with Gasteiger partial charge in [-0.25, -0.2) is 19.3 Å². The highest BCUT2D eigenvalue weighted by molar-refractivity contribution is 5.82. The molecule has 0 aliphatic heterocycles. The summed E-state index contributed by atoms with van der Waals surface area (Å²) in [5.74, 6) is 2.07. The van der Waals surface area contributed by atoms with Crippen LogP contribution in [0.2, 0.25) is 0 Å². The number of hydrogen-bond donors (Lipinski definition) is 0. The molecule has 0 unspecified atom stereocenters. The smallest absolute Gasteiger partial charge is 0.148 e. The lowest BCUT2D eigenvalue weighted by Gasteiger charge is -2.09. The van der Waals surface area contributed by atoms with Crippen molar-refractivity contribution in [3.05, 3.63) is 66.8 Å².